The lowest BCUT2D eigenvalue weighted by Crippen LogP contribution is -2.48. The molecule has 0 unspecified atom stereocenters. The first-order valence-corrected chi connectivity index (χ1v) is 10.4. The SMILES string of the molecule is C[C@@H]1CCCC[C@H]1NC(=O)CN1C(=O)/C(=C\c2cccc(F)c2)Oc2ccccc21. The largest absolute Gasteiger partial charge is 0.449 e. The van der Waals surface area contributed by atoms with E-state index < -0.39 is 11.7 Å². The van der Waals surface area contributed by atoms with Gasteiger partial charge in [-0.25, -0.2) is 4.39 Å². The number of benzene rings is 2. The third-order valence-electron chi connectivity index (χ3n) is 5.74. The number of hydrogen-bond donors (Lipinski definition) is 1. The van der Waals surface area contributed by atoms with Crippen LogP contribution in [-0.4, -0.2) is 24.4 Å². The summed E-state index contributed by atoms with van der Waals surface area (Å²) in [5, 5.41) is 3.10. The molecule has 2 aromatic rings. The first-order chi connectivity index (χ1) is 14.5. The number of anilines is 1. The van der Waals surface area contributed by atoms with E-state index in [2.05, 4.69) is 12.2 Å². The average molecular weight is 408 g/mol. The van der Waals surface area contributed by atoms with Crippen molar-refractivity contribution in [1.29, 1.82) is 0 Å². The fraction of sp³-hybridized carbons (Fsp3) is 0.333. The maximum absolute atomic E-state index is 13.5. The molecule has 1 saturated carbocycles. The van der Waals surface area contributed by atoms with E-state index in [0.717, 1.165) is 19.3 Å². The summed E-state index contributed by atoms with van der Waals surface area (Å²) in [5.41, 5.74) is 1.06. The summed E-state index contributed by atoms with van der Waals surface area (Å²) in [7, 11) is 0. The Kier molecular flexibility index (Phi) is 5.84. The third kappa shape index (κ3) is 4.37. The maximum atomic E-state index is 13.5. The van der Waals surface area contributed by atoms with Crippen LogP contribution in [-0.2, 0) is 9.59 Å². The highest BCUT2D eigenvalue weighted by Gasteiger charge is 2.32. The van der Waals surface area contributed by atoms with Gasteiger partial charge in [-0.15, -0.1) is 0 Å². The van der Waals surface area contributed by atoms with Gasteiger partial charge < -0.3 is 10.1 Å². The van der Waals surface area contributed by atoms with Gasteiger partial charge in [-0.1, -0.05) is 44.0 Å². The topological polar surface area (TPSA) is 58.6 Å². The fourth-order valence-electron chi connectivity index (χ4n) is 4.09. The Morgan fingerprint density at radius 2 is 2.00 bits per heavy atom. The van der Waals surface area contributed by atoms with E-state index in [4.69, 9.17) is 4.74 Å². The van der Waals surface area contributed by atoms with Gasteiger partial charge >= 0.3 is 0 Å². The summed E-state index contributed by atoms with van der Waals surface area (Å²) in [6.07, 6.45) is 5.86. The van der Waals surface area contributed by atoms with Crippen LogP contribution in [0.2, 0.25) is 0 Å². The van der Waals surface area contributed by atoms with Crippen LogP contribution < -0.4 is 15.0 Å². The molecule has 1 aliphatic heterocycles. The normalized spacial score (nSPS) is 22.4. The van der Waals surface area contributed by atoms with Crippen molar-refractivity contribution >= 4 is 23.6 Å². The van der Waals surface area contributed by atoms with Gasteiger partial charge in [0.1, 0.15) is 12.4 Å². The lowest BCUT2D eigenvalue weighted by molar-refractivity contribution is -0.124. The van der Waals surface area contributed by atoms with Gasteiger partial charge in [-0.05, 0) is 54.7 Å². The molecule has 6 heteroatoms. The van der Waals surface area contributed by atoms with Crippen LogP contribution in [0.3, 0.4) is 0 Å². The molecule has 2 aliphatic rings. The van der Waals surface area contributed by atoms with Crippen LogP contribution in [0.25, 0.3) is 6.08 Å². The predicted octanol–water partition coefficient (Wildman–Crippen LogP) is 4.29. The lowest BCUT2D eigenvalue weighted by Gasteiger charge is -2.32. The number of rotatable bonds is 4. The van der Waals surface area contributed by atoms with E-state index in [1.807, 2.05) is 0 Å². The van der Waals surface area contributed by atoms with Crippen molar-refractivity contribution in [2.75, 3.05) is 11.4 Å². The van der Waals surface area contributed by atoms with Gasteiger partial charge in [-0.3, -0.25) is 14.5 Å². The van der Waals surface area contributed by atoms with Crippen LogP contribution in [0.1, 0.15) is 38.2 Å². The summed E-state index contributed by atoms with van der Waals surface area (Å²) in [6.45, 7) is 2.06. The number of amides is 2. The molecule has 4 rings (SSSR count). The molecule has 0 radical (unpaired) electrons. The van der Waals surface area contributed by atoms with Crippen LogP contribution in [0.5, 0.6) is 5.75 Å². The van der Waals surface area contributed by atoms with E-state index in [1.165, 1.54) is 29.5 Å². The Balaban J connectivity index is 1.57. The summed E-state index contributed by atoms with van der Waals surface area (Å²) < 4.78 is 19.3. The van der Waals surface area contributed by atoms with Crippen molar-refractivity contribution in [3.8, 4) is 5.75 Å². The molecule has 5 nitrogen and oxygen atoms in total. The first kappa shape index (κ1) is 20.1. The molecule has 2 aromatic carbocycles. The fourth-order valence-corrected chi connectivity index (χ4v) is 4.09. The Morgan fingerprint density at radius 3 is 2.80 bits per heavy atom. The molecule has 0 aromatic heterocycles. The van der Waals surface area contributed by atoms with E-state index in [9.17, 15) is 14.0 Å². The van der Waals surface area contributed by atoms with Gasteiger partial charge in [-0.2, -0.15) is 0 Å². The van der Waals surface area contributed by atoms with Crippen LogP contribution >= 0.6 is 0 Å². The molecule has 2 atom stereocenters. The molecule has 1 fully saturated rings. The number of nitrogens with one attached hydrogen (secondary N) is 1. The monoisotopic (exact) mass is 408 g/mol. The molecule has 1 heterocycles. The minimum absolute atomic E-state index is 0.0538. The molecule has 0 bridgehead atoms. The zero-order valence-electron chi connectivity index (χ0n) is 16.9. The van der Waals surface area contributed by atoms with Crippen molar-refractivity contribution in [1.82, 2.24) is 5.32 Å². The number of ether oxygens (including phenoxy) is 1. The standard InChI is InChI=1S/C24H25FN2O3/c1-16-7-2-3-10-19(16)26-23(28)15-27-20-11-4-5-12-21(20)30-22(24(27)29)14-17-8-6-9-18(25)13-17/h4-6,8-9,11-14,16,19H,2-3,7,10,15H2,1H3,(H,26,28)/b22-14+/t16-,19-/m1/s1. The minimum atomic E-state index is -0.426. The smallest absolute Gasteiger partial charge is 0.294 e. The molecule has 0 saturated heterocycles. The summed E-state index contributed by atoms with van der Waals surface area (Å²) in [6, 6.07) is 13.2. The number of fused-ring (bicyclic) bond motifs is 1. The molecule has 0 spiro atoms. The highest BCUT2D eigenvalue weighted by molar-refractivity contribution is 6.12. The number of hydrogen-bond acceptors (Lipinski definition) is 3. The molecular formula is C24H25FN2O3. The number of nitrogens with zero attached hydrogens (tertiary/aromatic N) is 1. The van der Waals surface area contributed by atoms with Crippen LogP contribution in [0.15, 0.2) is 54.3 Å². The average Bonchev–Trinajstić information content (AvgIpc) is 2.73. The van der Waals surface area contributed by atoms with Gasteiger partial charge in [0, 0.05) is 6.04 Å². The van der Waals surface area contributed by atoms with E-state index in [0.29, 0.717) is 22.9 Å². The van der Waals surface area contributed by atoms with Crippen molar-refractivity contribution in [3.05, 3.63) is 65.7 Å². The molecular weight excluding hydrogens is 383 g/mol. The Hall–Kier alpha value is -3.15. The minimum Gasteiger partial charge on any atom is -0.449 e. The highest BCUT2D eigenvalue weighted by Crippen LogP contribution is 2.35. The zero-order chi connectivity index (χ0) is 21.1. The zero-order valence-corrected chi connectivity index (χ0v) is 16.9. The Labute approximate surface area is 175 Å². The van der Waals surface area contributed by atoms with E-state index >= 15 is 0 Å². The van der Waals surface area contributed by atoms with Crippen molar-refractivity contribution in [2.45, 2.75) is 38.6 Å². The van der Waals surface area contributed by atoms with Gasteiger partial charge in [0.2, 0.25) is 5.91 Å². The van der Waals surface area contributed by atoms with Gasteiger partial charge in [0.25, 0.3) is 5.91 Å². The quantitative estimate of drug-likeness (QED) is 0.768. The second kappa shape index (κ2) is 8.69. The lowest BCUT2D eigenvalue weighted by atomic mass is 9.86. The van der Waals surface area contributed by atoms with Crippen LogP contribution in [0, 0.1) is 11.7 Å². The first-order valence-electron chi connectivity index (χ1n) is 10.4. The molecule has 2 amide bonds. The molecule has 30 heavy (non-hydrogen) atoms. The Morgan fingerprint density at radius 1 is 1.20 bits per heavy atom. The summed E-state index contributed by atoms with van der Waals surface area (Å²) >= 11 is 0. The number of para-hydroxylation sites is 2. The van der Waals surface area contributed by atoms with E-state index in [-0.39, 0.29) is 24.3 Å². The number of halogens is 1. The second-order valence-electron chi connectivity index (χ2n) is 7.96. The number of carbonyl (C=O) groups is 2. The van der Waals surface area contributed by atoms with Gasteiger partial charge in [0.05, 0.1) is 5.69 Å². The third-order valence-corrected chi connectivity index (χ3v) is 5.74. The van der Waals surface area contributed by atoms with Crippen molar-refractivity contribution in [2.24, 2.45) is 5.92 Å². The molecule has 1 N–H and O–H groups in total. The maximum Gasteiger partial charge on any atom is 0.294 e. The van der Waals surface area contributed by atoms with Gasteiger partial charge in [0.15, 0.2) is 11.5 Å². The summed E-state index contributed by atoms with van der Waals surface area (Å²) in [5.74, 6) is -0.0462. The molecule has 156 valence electrons. The van der Waals surface area contributed by atoms with Crippen molar-refractivity contribution in [3.63, 3.8) is 0 Å². The van der Waals surface area contributed by atoms with Crippen molar-refractivity contribution < 1.29 is 18.7 Å². The predicted molar refractivity (Wildman–Crippen MR) is 113 cm³/mol. The molecule has 1 aliphatic carbocycles. The highest BCUT2D eigenvalue weighted by atomic mass is 19.1. The van der Waals surface area contributed by atoms with Crippen LogP contribution in [0.4, 0.5) is 10.1 Å². The number of carbonyl (C=O) groups excluding carboxylic acids is 2. The summed E-state index contributed by atoms with van der Waals surface area (Å²) in [4.78, 5) is 27.3. The van der Waals surface area contributed by atoms with E-state index in [1.54, 1.807) is 36.4 Å². The second-order valence-corrected chi connectivity index (χ2v) is 7.96. The Bertz CT molecular complexity index is 988.